The van der Waals surface area contributed by atoms with Gasteiger partial charge in [-0.05, 0) is 30.1 Å². The molecule has 0 saturated heterocycles. The van der Waals surface area contributed by atoms with Crippen molar-refractivity contribution in [2.45, 2.75) is 6.92 Å². The maximum Gasteiger partial charge on any atom is 0.488 e. The van der Waals surface area contributed by atoms with E-state index in [1.165, 1.54) is 12.1 Å². The average molecular weight is 209 g/mol. The summed E-state index contributed by atoms with van der Waals surface area (Å²) < 4.78 is 0. The summed E-state index contributed by atoms with van der Waals surface area (Å²) in [5.41, 5.74) is 1.35. The van der Waals surface area contributed by atoms with Gasteiger partial charge in [0.25, 0.3) is 0 Å². The van der Waals surface area contributed by atoms with Crippen molar-refractivity contribution < 1.29 is 19.9 Å². The highest BCUT2D eigenvalue weighted by molar-refractivity contribution is 6.58. The fourth-order valence-corrected chi connectivity index (χ4v) is 1.37. The third kappa shape index (κ3) is 2.29. The lowest BCUT2D eigenvalue weighted by Crippen LogP contribution is -2.31. The van der Waals surface area contributed by atoms with Gasteiger partial charge in [-0.1, -0.05) is 0 Å². The average Bonchev–Trinajstić information content (AvgIpc) is 2.17. The number of hydrogen-bond donors (Lipinski definition) is 4. The van der Waals surface area contributed by atoms with Gasteiger partial charge < -0.3 is 20.5 Å². The molecule has 6 heteroatoms. The van der Waals surface area contributed by atoms with Crippen LogP contribution >= 0.6 is 0 Å². The van der Waals surface area contributed by atoms with E-state index in [2.05, 4.69) is 5.32 Å². The first kappa shape index (κ1) is 11.5. The Morgan fingerprint density at radius 1 is 1.40 bits per heavy atom. The van der Waals surface area contributed by atoms with Gasteiger partial charge in [0.05, 0.1) is 5.56 Å². The summed E-state index contributed by atoms with van der Waals surface area (Å²) in [5, 5.41) is 29.7. The lowest BCUT2D eigenvalue weighted by Gasteiger charge is -2.11. The van der Waals surface area contributed by atoms with Gasteiger partial charge in [-0.15, -0.1) is 0 Å². The van der Waals surface area contributed by atoms with Crippen LogP contribution in [0.2, 0.25) is 0 Å². The second-order valence-corrected chi connectivity index (χ2v) is 3.17. The predicted octanol–water partition coefficient (Wildman–Crippen LogP) is -0.585. The molecule has 1 rings (SSSR count). The van der Waals surface area contributed by atoms with Gasteiger partial charge >= 0.3 is 13.1 Å². The van der Waals surface area contributed by atoms with E-state index in [0.717, 1.165) is 0 Å². The highest BCUT2D eigenvalue weighted by atomic mass is 16.4. The summed E-state index contributed by atoms with van der Waals surface area (Å²) in [4.78, 5) is 10.9. The minimum Gasteiger partial charge on any atom is -0.478 e. The molecular formula is C9H12BNO4. The number of carboxylic acids is 1. The monoisotopic (exact) mass is 209 g/mol. The molecule has 0 bridgehead atoms. The van der Waals surface area contributed by atoms with E-state index in [0.29, 0.717) is 11.3 Å². The molecule has 4 N–H and O–H groups in total. The molecule has 0 spiro atoms. The second kappa shape index (κ2) is 4.33. The zero-order valence-corrected chi connectivity index (χ0v) is 8.48. The van der Waals surface area contributed by atoms with Gasteiger partial charge in [0, 0.05) is 12.7 Å². The van der Waals surface area contributed by atoms with Crippen LogP contribution in [0.25, 0.3) is 0 Å². The molecule has 0 aliphatic carbocycles. The number of hydrogen-bond acceptors (Lipinski definition) is 4. The van der Waals surface area contributed by atoms with E-state index in [1.807, 2.05) is 0 Å². The molecule has 0 radical (unpaired) electrons. The van der Waals surface area contributed by atoms with E-state index in [1.54, 1.807) is 14.0 Å². The van der Waals surface area contributed by atoms with Crippen LogP contribution in [-0.2, 0) is 0 Å². The zero-order chi connectivity index (χ0) is 11.6. The van der Waals surface area contributed by atoms with Gasteiger partial charge in [-0.2, -0.15) is 0 Å². The molecule has 0 heterocycles. The third-order valence-electron chi connectivity index (χ3n) is 2.23. The summed E-state index contributed by atoms with van der Waals surface area (Å²) >= 11 is 0. The number of rotatable bonds is 3. The van der Waals surface area contributed by atoms with Crippen LogP contribution in [0, 0.1) is 6.92 Å². The molecule has 0 unspecified atom stereocenters. The van der Waals surface area contributed by atoms with E-state index in [4.69, 9.17) is 15.2 Å². The normalized spacial score (nSPS) is 9.87. The summed E-state index contributed by atoms with van der Waals surface area (Å²) in [6.45, 7) is 1.66. The van der Waals surface area contributed by atoms with E-state index in [9.17, 15) is 4.79 Å². The van der Waals surface area contributed by atoms with Crippen molar-refractivity contribution in [2.75, 3.05) is 12.4 Å². The SMILES string of the molecule is CNc1cc(B(O)O)cc(C(=O)O)c1C. The van der Waals surface area contributed by atoms with Gasteiger partial charge in [0.2, 0.25) is 0 Å². The van der Waals surface area contributed by atoms with Gasteiger partial charge in [0.15, 0.2) is 0 Å². The van der Waals surface area contributed by atoms with E-state index in [-0.39, 0.29) is 11.0 Å². The van der Waals surface area contributed by atoms with Crippen molar-refractivity contribution in [2.24, 2.45) is 0 Å². The molecule has 0 amide bonds. The van der Waals surface area contributed by atoms with Crippen molar-refractivity contribution in [1.82, 2.24) is 0 Å². The third-order valence-corrected chi connectivity index (χ3v) is 2.23. The number of benzene rings is 1. The molecule has 0 aliphatic heterocycles. The first-order valence-electron chi connectivity index (χ1n) is 4.39. The number of aromatic carboxylic acids is 1. The Morgan fingerprint density at radius 2 is 2.00 bits per heavy atom. The molecule has 80 valence electrons. The van der Waals surface area contributed by atoms with Crippen LogP contribution in [-0.4, -0.2) is 35.3 Å². The van der Waals surface area contributed by atoms with Gasteiger partial charge in [-0.25, -0.2) is 4.79 Å². The second-order valence-electron chi connectivity index (χ2n) is 3.17. The Labute approximate surface area is 87.5 Å². The largest absolute Gasteiger partial charge is 0.488 e. The van der Waals surface area contributed by atoms with Crippen LogP contribution in [0.5, 0.6) is 0 Å². The molecular weight excluding hydrogens is 197 g/mol. The van der Waals surface area contributed by atoms with Crippen LogP contribution in [0.1, 0.15) is 15.9 Å². The minimum absolute atomic E-state index is 0.0601. The van der Waals surface area contributed by atoms with Crippen molar-refractivity contribution in [3.8, 4) is 0 Å². The number of anilines is 1. The first-order chi connectivity index (χ1) is 6.97. The highest BCUT2D eigenvalue weighted by Crippen LogP contribution is 2.17. The van der Waals surface area contributed by atoms with E-state index >= 15 is 0 Å². The van der Waals surface area contributed by atoms with Crippen molar-refractivity contribution >= 4 is 24.2 Å². The Kier molecular flexibility index (Phi) is 3.33. The highest BCUT2D eigenvalue weighted by Gasteiger charge is 2.18. The summed E-state index contributed by atoms with van der Waals surface area (Å²) in [6, 6.07) is 2.76. The maximum absolute atomic E-state index is 10.9. The molecule has 0 fully saturated rings. The molecule has 5 nitrogen and oxygen atoms in total. The Morgan fingerprint density at radius 3 is 2.40 bits per heavy atom. The number of carbonyl (C=O) groups is 1. The molecule has 0 aromatic heterocycles. The van der Waals surface area contributed by atoms with E-state index < -0.39 is 13.1 Å². The summed E-state index contributed by atoms with van der Waals surface area (Å²) in [5.74, 6) is -1.09. The van der Waals surface area contributed by atoms with Crippen molar-refractivity contribution in [3.05, 3.63) is 23.3 Å². The summed E-state index contributed by atoms with van der Waals surface area (Å²) in [6.07, 6.45) is 0. The number of carboxylic acid groups (broad SMARTS) is 1. The fourth-order valence-electron chi connectivity index (χ4n) is 1.37. The van der Waals surface area contributed by atoms with Crippen LogP contribution in [0.3, 0.4) is 0 Å². The molecule has 1 aromatic rings. The van der Waals surface area contributed by atoms with Gasteiger partial charge in [0.1, 0.15) is 0 Å². The van der Waals surface area contributed by atoms with Crippen molar-refractivity contribution in [1.29, 1.82) is 0 Å². The summed E-state index contributed by atoms with van der Waals surface area (Å²) in [7, 11) is -0.0302. The van der Waals surface area contributed by atoms with Crippen molar-refractivity contribution in [3.63, 3.8) is 0 Å². The molecule has 15 heavy (non-hydrogen) atoms. The molecule has 0 atom stereocenters. The maximum atomic E-state index is 10.9. The standard InChI is InChI=1S/C9H12BNO4/c1-5-7(9(12)13)3-6(10(14)15)4-8(5)11-2/h3-4,11,14-15H,1-2H3,(H,12,13). The van der Waals surface area contributed by atoms with Crippen LogP contribution in [0.4, 0.5) is 5.69 Å². The fraction of sp³-hybridized carbons (Fsp3) is 0.222. The Balaban J connectivity index is 3.38. The van der Waals surface area contributed by atoms with Crippen LogP contribution < -0.4 is 10.8 Å². The Hall–Kier alpha value is -1.53. The van der Waals surface area contributed by atoms with Crippen LogP contribution in [0.15, 0.2) is 12.1 Å². The lowest BCUT2D eigenvalue weighted by molar-refractivity contribution is 0.0696. The zero-order valence-electron chi connectivity index (χ0n) is 8.48. The van der Waals surface area contributed by atoms with Gasteiger partial charge in [-0.3, -0.25) is 0 Å². The molecule has 0 saturated carbocycles. The smallest absolute Gasteiger partial charge is 0.478 e. The molecule has 1 aromatic carbocycles. The first-order valence-corrected chi connectivity index (χ1v) is 4.39. The quantitative estimate of drug-likeness (QED) is 0.500. The predicted molar refractivity (Wildman–Crippen MR) is 57.5 cm³/mol. The topological polar surface area (TPSA) is 89.8 Å². The minimum atomic E-state index is -1.67. The lowest BCUT2D eigenvalue weighted by atomic mass is 9.78. The molecule has 0 aliphatic rings. The Bertz CT molecular complexity index is 392. The number of nitrogens with one attached hydrogen (secondary N) is 1.